The van der Waals surface area contributed by atoms with Crippen LogP contribution in [0.15, 0.2) is 47.6 Å². The smallest absolute Gasteiger partial charge is 0.316 e. The Hall–Kier alpha value is -2.52. The third kappa shape index (κ3) is 4.36. The Morgan fingerprint density at radius 2 is 1.92 bits per heavy atom. The number of sulfonamides is 1. The van der Waals surface area contributed by atoms with Crippen molar-refractivity contribution in [3.8, 4) is 6.01 Å². The summed E-state index contributed by atoms with van der Waals surface area (Å²) in [5.74, 6) is -0.209. The lowest BCUT2D eigenvalue weighted by Gasteiger charge is -2.31. The van der Waals surface area contributed by atoms with Gasteiger partial charge in [-0.25, -0.2) is 18.4 Å². The maximum atomic E-state index is 12.9. The fourth-order valence-electron chi connectivity index (χ4n) is 2.78. The monoisotopic (exact) mass is 376 g/mol. The zero-order valence-corrected chi connectivity index (χ0v) is 15.1. The molecule has 138 valence electrons. The third-order valence-corrected chi connectivity index (χ3v) is 5.85. The summed E-state index contributed by atoms with van der Waals surface area (Å²) < 4.78 is 32.9. The molecule has 1 aliphatic heterocycles. The molecule has 1 N–H and O–H groups in total. The molecular formula is C17H20N4O4S. The van der Waals surface area contributed by atoms with E-state index in [9.17, 15) is 13.2 Å². The number of hydrogen-bond acceptors (Lipinski definition) is 6. The second kappa shape index (κ2) is 7.79. The zero-order valence-electron chi connectivity index (χ0n) is 14.3. The molecule has 3 rings (SSSR count). The summed E-state index contributed by atoms with van der Waals surface area (Å²) in [5.41, 5.74) is 0.553. The van der Waals surface area contributed by atoms with Gasteiger partial charge < -0.3 is 10.1 Å². The van der Waals surface area contributed by atoms with Crippen LogP contribution in [0.25, 0.3) is 0 Å². The number of hydrogen-bond donors (Lipinski definition) is 1. The topological polar surface area (TPSA) is 101 Å². The van der Waals surface area contributed by atoms with Crippen LogP contribution in [0.2, 0.25) is 0 Å². The molecule has 1 atom stereocenters. The lowest BCUT2D eigenvalue weighted by Crippen LogP contribution is -2.44. The highest BCUT2D eigenvalue weighted by molar-refractivity contribution is 7.89. The van der Waals surface area contributed by atoms with Gasteiger partial charge in [-0.15, -0.1) is 0 Å². The normalized spacial score (nSPS) is 18.3. The van der Waals surface area contributed by atoms with Crippen molar-refractivity contribution >= 4 is 21.6 Å². The Balaban J connectivity index is 1.71. The molecule has 2 aromatic rings. The average molecular weight is 376 g/mol. The van der Waals surface area contributed by atoms with Crippen molar-refractivity contribution in [2.45, 2.75) is 30.8 Å². The van der Waals surface area contributed by atoms with Gasteiger partial charge in [0.1, 0.15) is 6.10 Å². The van der Waals surface area contributed by atoms with E-state index >= 15 is 0 Å². The van der Waals surface area contributed by atoms with E-state index in [1.165, 1.54) is 23.4 Å². The van der Waals surface area contributed by atoms with Crippen molar-refractivity contribution in [2.75, 3.05) is 18.4 Å². The molecule has 8 nitrogen and oxygen atoms in total. The van der Waals surface area contributed by atoms with Crippen molar-refractivity contribution in [3.05, 3.63) is 42.7 Å². The summed E-state index contributed by atoms with van der Waals surface area (Å²) in [5, 5.41) is 2.62. The molecule has 2 heterocycles. The van der Waals surface area contributed by atoms with E-state index in [1.54, 1.807) is 30.6 Å². The molecule has 1 amide bonds. The Morgan fingerprint density at radius 3 is 2.58 bits per heavy atom. The maximum absolute atomic E-state index is 12.9. The van der Waals surface area contributed by atoms with Gasteiger partial charge in [-0.05, 0) is 43.2 Å². The van der Waals surface area contributed by atoms with Crippen LogP contribution >= 0.6 is 0 Å². The highest BCUT2D eigenvalue weighted by atomic mass is 32.2. The van der Waals surface area contributed by atoms with Gasteiger partial charge in [0.2, 0.25) is 15.9 Å². The van der Waals surface area contributed by atoms with Crippen LogP contribution in [-0.4, -0.2) is 47.8 Å². The van der Waals surface area contributed by atoms with Gasteiger partial charge >= 0.3 is 6.01 Å². The standard InChI is InChI=1S/C17H20N4O4S/c1-13(22)20-14-5-7-16(8-6-14)26(23,24)21-11-2-4-15(12-21)25-17-18-9-3-10-19-17/h3,5-10,15H,2,4,11-12H2,1H3,(H,20,22). The molecular weight excluding hydrogens is 356 g/mol. The summed E-state index contributed by atoms with van der Waals surface area (Å²) in [6.45, 7) is 2.08. The molecule has 0 aliphatic carbocycles. The molecule has 1 aromatic carbocycles. The van der Waals surface area contributed by atoms with Gasteiger partial charge in [0.15, 0.2) is 0 Å². The Kier molecular flexibility index (Phi) is 5.48. The highest BCUT2D eigenvalue weighted by Crippen LogP contribution is 2.23. The molecule has 1 saturated heterocycles. The number of aromatic nitrogens is 2. The van der Waals surface area contributed by atoms with Crippen LogP contribution in [0.3, 0.4) is 0 Å². The first-order chi connectivity index (χ1) is 12.4. The van der Waals surface area contributed by atoms with E-state index in [1.807, 2.05) is 0 Å². The number of nitrogens with zero attached hydrogens (tertiary/aromatic N) is 3. The molecule has 1 unspecified atom stereocenters. The van der Waals surface area contributed by atoms with Crippen LogP contribution < -0.4 is 10.1 Å². The van der Waals surface area contributed by atoms with Crippen LogP contribution in [0.1, 0.15) is 19.8 Å². The Morgan fingerprint density at radius 1 is 1.23 bits per heavy atom. The Bertz CT molecular complexity index is 856. The van der Waals surface area contributed by atoms with E-state index in [0.717, 1.165) is 6.42 Å². The molecule has 1 aromatic heterocycles. The Labute approximate surface area is 152 Å². The minimum atomic E-state index is -3.63. The van der Waals surface area contributed by atoms with Crippen LogP contribution in [0.4, 0.5) is 5.69 Å². The summed E-state index contributed by atoms with van der Waals surface area (Å²) >= 11 is 0. The fraction of sp³-hybridized carbons (Fsp3) is 0.353. The number of nitrogens with one attached hydrogen (secondary N) is 1. The van der Waals surface area contributed by atoms with Crippen molar-refractivity contribution in [2.24, 2.45) is 0 Å². The predicted molar refractivity (Wildman–Crippen MR) is 95.2 cm³/mol. The maximum Gasteiger partial charge on any atom is 0.316 e. The second-order valence-corrected chi connectivity index (χ2v) is 7.92. The first-order valence-corrected chi connectivity index (χ1v) is 9.70. The van der Waals surface area contributed by atoms with Gasteiger partial charge in [-0.3, -0.25) is 4.79 Å². The fourth-order valence-corrected chi connectivity index (χ4v) is 4.29. The van der Waals surface area contributed by atoms with Gasteiger partial charge in [-0.2, -0.15) is 4.31 Å². The largest absolute Gasteiger partial charge is 0.459 e. The molecule has 0 spiro atoms. The minimum Gasteiger partial charge on any atom is -0.459 e. The van der Waals surface area contributed by atoms with Crippen molar-refractivity contribution in [1.82, 2.24) is 14.3 Å². The molecule has 0 radical (unpaired) electrons. The quantitative estimate of drug-likeness (QED) is 0.852. The van der Waals surface area contributed by atoms with Crippen LogP contribution in [-0.2, 0) is 14.8 Å². The van der Waals surface area contributed by atoms with Gasteiger partial charge in [-0.1, -0.05) is 0 Å². The summed E-state index contributed by atoms with van der Waals surface area (Å²) in [4.78, 5) is 19.3. The average Bonchev–Trinajstić information content (AvgIpc) is 2.63. The zero-order chi connectivity index (χ0) is 18.6. The van der Waals surface area contributed by atoms with E-state index in [2.05, 4.69) is 15.3 Å². The first kappa shape index (κ1) is 18.3. The number of carbonyl (C=O) groups is 1. The molecule has 9 heteroatoms. The summed E-state index contributed by atoms with van der Waals surface area (Å²) in [7, 11) is -3.63. The lowest BCUT2D eigenvalue weighted by atomic mass is 10.1. The minimum absolute atomic E-state index is 0.184. The molecule has 1 fully saturated rings. The SMILES string of the molecule is CC(=O)Nc1ccc(S(=O)(=O)N2CCCC(Oc3ncccn3)C2)cc1. The predicted octanol–water partition coefficient (Wildman–Crippen LogP) is 1.67. The number of anilines is 1. The van der Waals surface area contributed by atoms with Gasteiger partial charge in [0.05, 0.1) is 11.4 Å². The number of piperidine rings is 1. The third-order valence-electron chi connectivity index (χ3n) is 3.97. The molecule has 26 heavy (non-hydrogen) atoms. The van der Waals surface area contributed by atoms with Crippen molar-refractivity contribution < 1.29 is 17.9 Å². The molecule has 0 bridgehead atoms. The van der Waals surface area contributed by atoms with E-state index < -0.39 is 10.0 Å². The van der Waals surface area contributed by atoms with E-state index in [0.29, 0.717) is 18.7 Å². The number of benzene rings is 1. The number of carbonyl (C=O) groups excluding carboxylic acids is 1. The highest BCUT2D eigenvalue weighted by Gasteiger charge is 2.31. The number of amides is 1. The second-order valence-electron chi connectivity index (χ2n) is 5.98. The summed E-state index contributed by atoms with van der Waals surface area (Å²) in [6.07, 6.45) is 4.30. The van der Waals surface area contributed by atoms with Crippen molar-refractivity contribution in [1.29, 1.82) is 0 Å². The van der Waals surface area contributed by atoms with E-state index in [4.69, 9.17) is 4.74 Å². The summed E-state index contributed by atoms with van der Waals surface area (Å²) in [6, 6.07) is 8.07. The van der Waals surface area contributed by atoms with Crippen LogP contribution in [0.5, 0.6) is 6.01 Å². The first-order valence-electron chi connectivity index (χ1n) is 8.26. The van der Waals surface area contributed by atoms with E-state index in [-0.39, 0.29) is 29.5 Å². The molecule has 1 aliphatic rings. The number of ether oxygens (including phenoxy) is 1. The van der Waals surface area contributed by atoms with Crippen molar-refractivity contribution in [3.63, 3.8) is 0 Å². The lowest BCUT2D eigenvalue weighted by molar-refractivity contribution is -0.114. The van der Waals surface area contributed by atoms with Gasteiger partial charge in [0.25, 0.3) is 0 Å². The molecule has 0 saturated carbocycles. The number of rotatable bonds is 5. The van der Waals surface area contributed by atoms with Crippen LogP contribution in [0, 0.1) is 0 Å². The van der Waals surface area contributed by atoms with Gasteiger partial charge in [0, 0.05) is 31.5 Å².